The van der Waals surface area contributed by atoms with Gasteiger partial charge in [-0.1, -0.05) is 54.6 Å². The largest absolute Gasteiger partial charge is 0.250 e. The summed E-state index contributed by atoms with van der Waals surface area (Å²) in [5.41, 5.74) is 7.39. The molecule has 0 aliphatic carbocycles. The molecule has 18 heavy (non-hydrogen) atoms. The zero-order chi connectivity index (χ0) is 13.0. The third-order valence-corrected chi connectivity index (χ3v) is 3.02. The number of benzene rings is 2. The Bertz CT molecular complexity index is 491. The fourth-order valence-electron chi connectivity index (χ4n) is 2.14. The summed E-state index contributed by atoms with van der Waals surface area (Å²) in [4.78, 5) is 0. The first-order chi connectivity index (χ1) is 8.68. The van der Waals surface area contributed by atoms with Crippen LogP contribution in [0.15, 0.2) is 54.6 Å². The summed E-state index contributed by atoms with van der Waals surface area (Å²) in [5, 5.41) is 2.00. The molecule has 0 heterocycles. The monoisotopic (exact) mass is 240 g/mol. The van der Waals surface area contributed by atoms with Gasteiger partial charge in [0.2, 0.25) is 0 Å². The van der Waals surface area contributed by atoms with Crippen molar-refractivity contribution >= 4 is 0 Å². The molecule has 94 valence electrons. The SMILES string of the molecule is Cc1ccccc1C(NN(C)C)c1ccccc1. The number of hydrogen-bond acceptors (Lipinski definition) is 2. The van der Waals surface area contributed by atoms with Gasteiger partial charge >= 0.3 is 0 Å². The molecule has 0 saturated heterocycles. The smallest absolute Gasteiger partial charge is 0.0717 e. The molecule has 2 heteroatoms. The molecular weight excluding hydrogens is 220 g/mol. The highest BCUT2D eigenvalue weighted by atomic mass is 15.5. The van der Waals surface area contributed by atoms with Gasteiger partial charge in [0, 0.05) is 14.1 Å². The standard InChI is InChI=1S/C16H20N2/c1-13-9-7-8-12-15(13)16(17-18(2)3)14-10-5-4-6-11-14/h4-12,16-17H,1-3H3. The summed E-state index contributed by atoms with van der Waals surface area (Å²) in [6.07, 6.45) is 0. The molecule has 0 aliphatic heterocycles. The molecule has 0 amide bonds. The van der Waals surface area contributed by atoms with E-state index in [4.69, 9.17) is 0 Å². The van der Waals surface area contributed by atoms with Crippen molar-refractivity contribution in [1.29, 1.82) is 0 Å². The first kappa shape index (κ1) is 12.8. The molecule has 2 rings (SSSR count). The van der Waals surface area contributed by atoms with Crippen molar-refractivity contribution in [3.8, 4) is 0 Å². The first-order valence-electron chi connectivity index (χ1n) is 6.22. The number of nitrogens with one attached hydrogen (secondary N) is 1. The topological polar surface area (TPSA) is 15.3 Å². The zero-order valence-electron chi connectivity index (χ0n) is 11.2. The van der Waals surface area contributed by atoms with Gasteiger partial charge in [0.15, 0.2) is 0 Å². The third-order valence-electron chi connectivity index (χ3n) is 3.02. The van der Waals surface area contributed by atoms with Crippen molar-refractivity contribution in [3.63, 3.8) is 0 Å². The maximum absolute atomic E-state index is 3.49. The van der Waals surface area contributed by atoms with E-state index in [1.54, 1.807) is 0 Å². The van der Waals surface area contributed by atoms with Crippen LogP contribution in [0.3, 0.4) is 0 Å². The maximum Gasteiger partial charge on any atom is 0.0717 e. The van der Waals surface area contributed by atoms with Gasteiger partial charge in [0.25, 0.3) is 0 Å². The zero-order valence-corrected chi connectivity index (χ0v) is 11.2. The van der Waals surface area contributed by atoms with Crippen molar-refractivity contribution in [1.82, 2.24) is 10.4 Å². The van der Waals surface area contributed by atoms with E-state index in [0.717, 1.165) is 0 Å². The van der Waals surface area contributed by atoms with Gasteiger partial charge in [0.1, 0.15) is 0 Å². The molecule has 1 unspecified atom stereocenters. The van der Waals surface area contributed by atoms with E-state index in [2.05, 4.69) is 60.9 Å². The second-order valence-corrected chi connectivity index (χ2v) is 4.72. The fraction of sp³-hybridized carbons (Fsp3) is 0.250. The minimum absolute atomic E-state index is 0.197. The molecule has 2 nitrogen and oxygen atoms in total. The van der Waals surface area contributed by atoms with Crippen LogP contribution in [-0.4, -0.2) is 19.1 Å². The van der Waals surface area contributed by atoms with Crippen molar-refractivity contribution in [2.24, 2.45) is 0 Å². The van der Waals surface area contributed by atoms with Crippen LogP contribution in [-0.2, 0) is 0 Å². The minimum atomic E-state index is 0.197. The van der Waals surface area contributed by atoms with E-state index in [-0.39, 0.29) is 6.04 Å². The lowest BCUT2D eigenvalue weighted by Gasteiger charge is -2.25. The first-order valence-corrected chi connectivity index (χ1v) is 6.22. The van der Waals surface area contributed by atoms with Crippen LogP contribution in [0.2, 0.25) is 0 Å². The summed E-state index contributed by atoms with van der Waals surface area (Å²) in [7, 11) is 4.04. The van der Waals surface area contributed by atoms with Crippen LogP contribution in [0.1, 0.15) is 22.7 Å². The summed E-state index contributed by atoms with van der Waals surface area (Å²) < 4.78 is 0. The molecule has 1 N–H and O–H groups in total. The van der Waals surface area contributed by atoms with E-state index in [1.165, 1.54) is 16.7 Å². The highest BCUT2D eigenvalue weighted by Crippen LogP contribution is 2.24. The van der Waals surface area contributed by atoms with Gasteiger partial charge in [-0.05, 0) is 23.6 Å². The van der Waals surface area contributed by atoms with Crippen LogP contribution in [0.25, 0.3) is 0 Å². The quantitative estimate of drug-likeness (QED) is 0.826. The second kappa shape index (κ2) is 5.80. The summed E-state index contributed by atoms with van der Waals surface area (Å²) in [6.45, 7) is 2.16. The molecule has 0 bridgehead atoms. The molecule has 0 aliphatic rings. The number of hydrogen-bond donors (Lipinski definition) is 1. The molecule has 0 aromatic heterocycles. The molecule has 1 atom stereocenters. The molecule has 0 spiro atoms. The van der Waals surface area contributed by atoms with Crippen LogP contribution in [0, 0.1) is 6.92 Å². The van der Waals surface area contributed by atoms with Crippen molar-refractivity contribution in [2.75, 3.05) is 14.1 Å². The van der Waals surface area contributed by atoms with E-state index >= 15 is 0 Å². The number of aryl methyl sites for hydroxylation is 1. The van der Waals surface area contributed by atoms with Crippen LogP contribution >= 0.6 is 0 Å². The van der Waals surface area contributed by atoms with E-state index in [0.29, 0.717) is 0 Å². The minimum Gasteiger partial charge on any atom is -0.250 e. The van der Waals surface area contributed by atoms with Crippen molar-refractivity contribution in [3.05, 3.63) is 71.3 Å². The molecule has 0 fully saturated rings. The van der Waals surface area contributed by atoms with Gasteiger partial charge in [-0.2, -0.15) is 0 Å². The van der Waals surface area contributed by atoms with E-state index in [9.17, 15) is 0 Å². The summed E-state index contributed by atoms with van der Waals surface area (Å²) in [6, 6.07) is 19.2. The highest BCUT2D eigenvalue weighted by molar-refractivity contribution is 5.36. The third kappa shape index (κ3) is 2.97. The van der Waals surface area contributed by atoms with Gasteiger partial charge in [-0.15, -0.1) is 0 Å². The highest BCUT2D eigenvalue weighted by Gasteiger charge is 2.15. The average molecular weight is 240 g/mol. The summed E-state index contributed by atoms with van der Waals surface area (Å²) in [5.74, 6) is 0. The number of hydrazine groups is 1. The van der Waals surface area contributed by atoms with Crippen molar-refractivity contribution < 1.29 is 0 Å². The van der Waals surface area contributed by atoms with Crippen LogP contribution in [0.4, 0.5) is 0 Å². The average Bonchev–Trinajstić information content (AvgIpc) is 2.38. The Balaban J connectivity index is 2.41. The van der Waals surface area contributed by atoms with E-state index < -0.39 is 0 Å². The predicted octanol–water partition coefficient (Wildman–Crippen LogP) is 3.15. The Morgan fingerprint density at radius 2 is 1.50 bits per heavy atom. The normalized spacial score (nSPS) is 12.7. The van der Waals surface area contributed by atoms with Gasteiger partial charge < -0.3 is 0 Å². The molecule has 2 aromatic rings. The molecule has 2 aromatic carbocycles. The Morgan fingerprint density at radius 3 is 2.11 bits per heavy atom. The Labute approximate surface area is 109 Å². The predicted molar refractivity (Wildman–Crippen MR) is 76.3 cm³/mol. The van der Waals surface area contributed by atoms with Gasteiger partial charge in [-0.3, -0.25) is 0 Å². The Kier molecular flexibility index (Phi) is 4.13. The number of nitrogens with zero attached hydrogens (tertiary/aromatic N) is 1. The fourth-order valence-corrected chi connectivity index (χ4v) is 2.14. The Hall–Kier alpha value is -1.64. The van der Waals surface area contributed by atoms with Gasteiger partial charge in [-0.25, -0.2) is 10.4 Å². The van der Waals surface area contributed by atoms with Crippen molar-refractivity contribution in [2.45, 2.75) is 13.0 Å². The maximum atomic E-state index is 3.49. The lowest BCUT2D eigenvalue weighted by atomic mass is 9.95. The molecule has 0 radical (unpaired) electrons. The van der Waals surface area contributed by atoms with E-state index in [1.807, 2.05) is 25.2 Å². The van der Waals surface area contributed by atoms with Crippen LogP contribution in [0.5, 0.6) is 0 Å². The Morgan fingerprint density at radius 1 is 0.889 bits per heavy atom. The lowest BCUT2D eigenvalue weighted by Crippen LogP contribution is -2.35. The molecular formula is C16H20N2. The number of rotatable bonds is 4. The second-order valence-electron chi connectivity index (χ2n) is 4.72. The lowest BCUT2D eigenvalue weighted by molar-refractivity contribution is 0.261. The summed E-state index contributed by atoms with van der Waals surface area (Å²) >= 11 is 0. The van der Waals surface area contributed by atoms with Gasteiger partial charge in [0.05, 0.1) is 6.04 Å². The molecule has 0 saturated carbocycles. The van der Waals surface area contributed by atoms with Crippen LogP contribution < -0.4 is 5.43 Å².